The molecule has 1 saturated heterocycles. The number of rotatable bonds is 3. The maximum atomic E-state index is 12.2. The molecule has 0 radical (unpaired) electrons. The summed E-state index contributed by atoms with van der Waals surface area (Å²) in [6.45, 7) is 1.83. The summed E-state index contributed by atoms with van der Waals surface area (Å²) in [7, 11) is -4.34. The predicted octanol–water partition coefficient (Wildman–Crippen LogP) is 0.767. The fraction of sp³-hybridized carbons (Fsp3) is 0.500. The third kappa shape index (κ3) is 3.55. The first-order chi connectivity index (χ1) is 8.88. The molecule has 7 heteroatoms. The lowest BCUT2D eigenvalue weighted by Crippen LogP contribution is -2.39. The van der Waals surface area contributed by atoms with Crippen LogP contribution in [0.15, 0.2) is 23.1 Å². The van der Waals surface area contributed by atoms with Crippen LogP contribution in [0.2, 0.25) is 0 Å². The molecule has 1 aliphatic rings. The van der Waals surface area contributed by atoms with E-state index in [0.29, 0.717) is 30.0 Å². The molecule has 1 aromatic rings. The number of nitrogen functional groups attached to an aromatic ring is 1. The zero-order chi connectivity index (χ0) is 14.0. The molecule has 106 valence electrons. The number of nitrogens with one attached hydrogen (secondary N) is 1. The van der Waals surface area contributed by atoms with Crippen molar-refractivity contribution < 1.29 is 12.6 Å². The Bertz CT molecular complexity index is 589. The molecule has 1 aliphatic heterocycles. The minimum Gasteiger partial charge on any atom is -0.398 e. The molecule has 19 heavy (non-hydrogen) atoms. The van der Waals surface area contributed by atoms with Crippen molar-refractivity contribution in [2.75, 3.05) is 17.2 Å². The van der Waals surface area contributed by atoms with Gasteiger partial charge in [0.15, 0.2) is 0 Å². The molecule has 0 saturated carbocycles. The van der Waals surface area contributed by atoms with Crippen LogP contribution in [-0.2, 0) is 20.8 Å². The number of anilines is 1. The van der Waals surface area contributed by atoms with Crippen molar-refractivity contribution in [3.8, 4) is 0 Å². The highest BCUT2D eigenvalue weighted by Crippen LogP contribution is 2.19. The molecule has 5 nitrogen and oxygen atoms in total. The largest absolute Gasteiger partial charge is 0.398 e. The molecular formula is C12H18N2O3S2. The van der Waals surface area contributed by atoms with E-state index in [4.69, 9.17) is 5.73 Å². The van der Waals surface area contributed by atoms with Crippen LogP contribution >= 0.6 is 0 Å². The van der Waals surface area contributed by atoms with Crippen molar-refractivity contribution >= 4 is 26.5 Å². The summed E-state index contributed by atoms with van der Waals surface area (Å²) in [5.74, 6) is 1.12. The van der Waals surface area contributed by atoms with Crippen LogP contribution in [0.1, 0.15) is 18.4 Å². The molecule has 2 rings (SSSR count). The van der Waals surface area contributed by atoms with Crippen LogP contribution < -0.4 is 10.5 Å². The van der Waals surface area contributed by atoms with E-state index in [-0.39, 0.29) is 10.9 Å². The van der Waals surface area contributed by atoms with Crippen molar-refractivity contribution in [1.29, 1.82) is 0 Å². The van der Waals surface area contributed by atoms with Gasteiger partial charge in [0.05, 0.1) is 4.90 Å². The Morgan fingerprint density at radius 3 is 2.53 bits per heavy atom. The van der Waals surface area contributed by atoms with Gasteiger partial charge in [-0.2, -0.15) is 0 Å². The van der Waals surface area contributed by atoms with Crippen LogP contribution in [0, 0.1) is 6.92 Å². The van der Waals surface area contributed by atoms with Gasteiger partial charge in [0, 0.05) is 34.0 Å². The van der Waals surface area contributed by atoms with Gasteiger partial charge in [-0.1, -0.05) is 6.07 Å². The van der Waals surface area contributed by atoms with Gasteiger partial charge in [-0.3, -0.25) is 4.21 Å². The summed E-state index contributed by atoms with van der Waals surface area (Å²) in [5.41, 5.74) is 7.06. The molecule has 0 bridgehead atoms. The van der Waals surface area contributed by atoms with E-state index in [1.54, 1.807) is 12.1 Å². The van der Waals surface area contributed by atoms with Crippen molar-refractivity contribution in [2.45, 2.75) is 30.7 Å². The lowest BCUT2D eigenvalue weighted by molar-refractivity contribution is 0.522. The van der Waals surface area contributed by atoms with Gasteiger partial charge in [-0.25, -0.2) is 13.1 Å². The predicted molar refractivity (Wildman–Crippen MR) is 76.8 cm³/mol. The highest BCUT2D eigenvalue weighted by Gasteiger charge is 2.24. The number of aryl methyl sites for hydroxylation is 1. The van der Waals surface area contributed by atoms with Crippen molar-refractivity contribution in [1.82, 2.24) is 4.72 Å². The number of sulfonamides is 1. The third-order valence-electron chi connectivity index (χ3n) is 3.27. The van der Waals surface area contributed by atoms with Gasteiger partial charge in [-0.05, 0) is 37.5 Å². The summed E-state index contributed by atoms with van der Waals surface area (Å²) in [4.78, 5) is 0.183. The smallest absolute Gasteiger partial charge is 0.240 e. The average Bonchev–Trinajstić information content (AvgIpc) is 2.35. The van der Waals surface area contributed by atoms with E-state index in [1.807, 2.05) is 6.92 Å². The van der Waals surface area contributed by atoms with Gasteiger partial charge >= 0.3 is 0 Å². The minimum atomic E-state index is -3.55. The zero-order valence-corrected chi connectivity index (χ0v) is 12.4. The van der Waals surface area contributed by atoms with E-state index in [0.717, 1.165) is 5.56 Å². The van der Waals surface area contributed by atoms with Gasteiger partial charge in [0.1, 0.15) is 0 Å². The number of benzene rings is 1. The molecule has 0 aromatic heterocycles. The standard InChI is InChI=1S/C12H18N2O3S2/c1-9-2-3-11(8-12(9)13)19(16,17)14-10-4-6-18(15)7-5-10/h2-3,8,10,14H,4-7,13H2,1H3. The molecule has 3 N–H and O–H groups in total. The molecule has 1 heterocycles. The lowest BCUT2D eigenvalue weighted by Gasteiger charge is -2.22. The van der Waals surface area contributed by atoms with Crippen LogP contribution in [0.5, 0.6) is 0 Å². The molecule has 1 fully saturated rings. The van der Waals surface area contributed by atoms with Gasteiger partial charge in [0.2, 0.25) is 10.0 Å². The normalized spacial score (nSPS) is 24.3. The van der Waals surface area contributed by atoms with Gasteiger partial charge < -0.3 is 5.73 Å². The van der Waals surface area contributed by atoms with E-state index >= 15 is 0 Å². The quantitative estimate of drug-likeness (QED) is 0.807. The lowest BCUT2D eigenvalue weighted by atomic mass is 10.2. The zero-order valence-electron chi connectivity index (χ0n) is 10.8. The Morgan fingerprint density at radius 2 is 1.95 bits per heavy atom. The summed E-state index contributed by atoms with van der Waals surface area (Å²) in [6, 6.07) is 4.58. The Labute approximate surface area is 116 Å². The van der Waals surface area contributed by atoms with Crippen LogP contribution in [-0.4, -0.2) is 30.2 Å². The summed E-state index contributed by atoms with van der Waals surface area (Å²) in [5, 5.41) is 0. The second-order valence-electron chi connectivity index (χ2n) is 4.76. The Kier molecular flexibility index (Phi) is 4.27. The van der Waals surface area contributed by atoms with E-state index in [9.17, 15) is 12.6 Å². The molecule has 0 amide bonds. The monoisotopic (exact) mass is 302 g/mol. The Morgan fingerprint density at radius 1 is 1.32 bits per heavy atom. The average molecular weight is 302 g/mol. The molecule has 1 aromatic carbocycles. The second-order valence-corrected chi connectivity index (χ2v) is 8.17. The fourth-order valence-corrected chi connectivity index (χ4v) is 4.62. The minimum absolute atomic E-state index is 0.134. The van der Waals surface area contributed by atoms with E-state index < -0.39 is 20.8 Å². The number of hydrogen-bond acceptors (Lipinski definition) is 4. The van der Waals surface area contributed by atoms with E-state index in [2.05, 4.69) is 4.72 Å². The van der Waals surface area contributed by atoms with E-state index in [1.165, 1.54) is 6.07 Å². The number of hydrogen-bond donors (Lipinski definition) is 2. The highest BCUT2D eigenvalue weighted by molar-refractivity contribution is 7.89. The Balaban J connectivity index is 2.13. The second kappa shape index (κ2) is 5.60. The van der Waals surface area contributed by atoms with Gasteiger partial charge in [-0.15, -0.1) is 0 Å². The third-order valence-corrected chi connectivity index (χ3v) is 6.17. The summed E-state index contributed by atoms with van der Waals surface area (Å²) < 4.78 is 38.3. The number of nitrogens with two attached hydrogens (primary N) is 1. The Hall–Kier alpha value is -0.920. The maximum Gasteiger partial charge on any atom is 0.240 e. The molecule has 0 unspecified atom stereocenters. The van der Waals surface area contributed by atoms with Crippen LogP contribution in [0.4, 0.5) is 5.69 Å². The fourth-order valence-electron chi connectivity index (χ4n) is 1.98. The summed E-state index contributed by atoms with van der Waals surface area (Å²) >= 11 is 0. The molecule has 0 aliphatic carbocycles. The topological polar surface area (TPSA) is 89.3 Å². The first-order valence-electron chi connectivity index (χ1n) is 6.12. The first-order valence-corrected chi connectivity index (χ1v) is 9.09. The van der Waals surface area contributed by atoms with Crippen LogP contribution in [0.25, 0.3) is 0 Å². The first kappa shape index (κ1) is 14.5. The highest BCUT2D eigenvalue weighted by atomic mass is 32.2. The van der Waals surface area contributed by atoms with Crippen molar-refractivity contribution in [3.05, 3.63) is 23.8 Å². The maximum absolute atomic E-state index is 12.2. The van der Waals surface area contributed by atoms with Gasteiger partial charge in [0.25, 0.3) is 0 Å². The summed E-state index contributed by atoms with van der Waals surface area (Å²) in [6.07, 6.45) is 1.24. The molecule has 0 spiro atoms. The van der Waals surface area contributed by atoms with Crippen molar-refractivity contribution in [3.63, 3.8) is 0 Å². The molecular weight excluding hydrogens is 284 g/mol. The SMILES string of the molecule is Cc1ccc(S(=O)(=O)NC2CCS(=O)CC2)cc1N. The van der Waals surface area contributed by atoms with Crippen molar-refractivity contribution in [2.24, 2.45) is 0 Å². The van der Waals surface area contributed by atoms with Crippen LogP contribution in [0.3, 0.4) is 0 Å². The molecule has 0 atom stereocenters.